The molecule has 0 fully saturated rings. The van der Waals surface area contributed by atoms with Gasteiger partial charge in [0.2, 0.25) is 0 Å². The van der Waals surface area contributed by atoms with Gasteiger partial charge in [0.05, 0.1) is 6.54 Å². The van der Waals surface area contributed by atoms with E-state index in [1.54, 1.807) is 10.8 Å². The van der Waals surface area contributed by atoms with Crippen molar-refractivity contribution in [3.05, 3.63) is 64.7 Å². The van der Waals surface area contributed by atoms with Crippen LogP contribution in [0.4, 0.5) is 4.79 Å². The molecule has 1 N–H and O–H groups in total. The number of benzene rings is 1. The van der Waals surface area contributed by atoms with Crippen LogP contribution in [0.5, 0.6) is 0 Å². The van der Waals surface area contributed by atoms with E-state index in [2.05, 4.69) is 24.1 Å². The van der Waals surface area contributed by atoms with E-state index in [4.69, 9.17) is 4.74 Å². The van der Waals surface area contributed by atoms with Crippen molar-refractivity contribution in [1.82, 2.24) is 14.9 Å². The summed E-state index contributed by atoms with van der Waals surface area (Å²) in [6, 6.07) is 13.6. The predicted molar refractivity (Wildman–Crippen MR) is 119 cm³/mol. The molecule has 0 aliphatic heterocycles. The fourth-order valence-electron chi connectivity index (χ4n) is 3.46. The van der Waals surface area contributed by atoms with E-state index in [1.165, 1.54) is 0 Å². The Bertz CT molecular complexity index is 1100. The van der Waals surface area contributed by atoms with Crippen LogP contribution in [-0.2, 0) is 17.8 Å². The molecule has 0 atom stereocenters. The van der Waals surface area contributed by atoms with Crippen LogP contribution < -0.4 is 10.9 Å². The van der Waals surface area contributed by atoms with Crippen molar-refractivity contribution >= 4 is 17.0 Å². The number of carbonyl (C=O) groups is 1. The van der Waals surface area contributed by atoms with Gasteiger partial charge in [-0.25, -0.2) is 4.79 Å². The fourth-order valence-corrected chi connectivity index (χ4v) is 3.46. The Morgan fingerprint density at radius 1 is 1.13 bits per heavy atom. The number of rotatable bonds is 5. The minimum absolute atomic E-state index is 0.153. The molecule has 0 saturated carbocycles. The third kappa shape index (κ3) is 4.87. The maximum Gasteiger partial charge on any atom is 0.407 e. The SMILES string of the molecule is CC(C)Cn1c(CNC(=O)OC(C)(C)C)c(-c2ccccc2)c2cccnc2c1=O. The summed E-state index contributed by atoms with van der Waals surface area (Å²) in [6.07, 6.45) is 1.12. The summed E-state index contributed by atoms with van der Waals surface area (Å²) < 4.78 is 7.13. The molecule has 0 spiro atoms. The lowest BCUT2D eigenvalue weighted by Gasteiger charge is -2.23. The van der Waals surface area contributed by atoms with E-state index in [0.29, 0.717) is 12.1 Å². The number of fused-ring (bicyclic) bond motifs is 1. The van der Waals surface area contributed by atoms with Crippen molar-refractivity contribution in [3.8, 4) is 11.1 Å². The number of nitrogens with one attached hydrogen (secondary N) is 1. The average molecular weight is 408 g/mol. The number of pyridine rings is 2. The van der Waals surface area contributed by atoms with Gasteiger partial charge in [0.15, 0.2) is 0 Å². The Morgan fingerprint density at radius 3 is 2.47 bits per heavy atom. The molecule has 158 valence electrons. The molecule has 6 nitrogen and oxygen atoms in total. The summed E-state index contributed by atoms with van der Waals surface area (Å²) in [5.74, 6) is 0.243. The molecule has 0 unspecified atom stereocenters. The molecule has 0 saturated heterocycles. The summed E-state index contributed by atoms with van der Waals surface area (Å²) in [4.78, 5) is 30.0. The fraction of sp³-hybridized carbons (Fsp3) is 0.375. The Balaban J connectivity index is 2.21. The van der Waals surface area contributed by atoms with Gasteiger partial charge in [0.25, 0.3) is 5.56 Å². The van der Waals surface area contributed by atoms with Crippen molar-refractivity contribution in [2.75, 3.05) is 0 Å². The number of hydrogen-bond donors (Lipinski definition) is 1. The number of carbonyl (C=O) groups excluding carboxylic acids is 1. The molecule has 3 rings (SSSR count). The van der Waals surface area contributed by atoms with Gasteiger partial charge < -0.3 is 14.6 Å². The van der Waals surface area contributed by atoms with Crippen molar-refractivity contribution in [1.29, 1.82) is 0 Å². The first-order valence-electron chi connectivity index (χ1n) is 10.2. The van der Waals surface area contributed by atoms with Gasteiger partial charge in [0, 0.05) is 29.4 Å². The zero-order valence-corrected chi connectivity index (χ0v) is 18.2. The summed E-state index contributed by atoms with van der Waals surface area (Å²) in [7, 11) is 0. The van der Waals surface area contributed by atoms with Crippen molar-refractivity contribution in [2.45, 2.75) is 53.3 Å². The lowest BCUT2D eigenvalue weighted by atomic mass is 9.98. The van der Waals surface area contributed by atoms with E-state index in [9.17, 15) is 9.59 Å². The zero-order chi connectivity index (χ0) is 21.9. The zero-order valence-electron chi connectivity index (χ0n) is 18.2. The molecule has 1 amide bonds. The molecule has 0 aliphatic rings. The summed E-state index contributed by atoms with van der Waals surface area (Å²) in [5, 5.41) is 3.60. The van der Waals surface area contributed by atoms with Crippen molar-refractivity contribution in [3.63, 3.8) is 0 Å². The van der Waals surface area contributed by atoms with E-state index in [1.807, 2.05) is 63.2 Å². The first kappa shape index (κ1) is 21.6. The highest BCUT2D eigenvalue weighted by atomic mass is 16.6. The minimum Gasteiger partial charge on any atom is -0.444 e. The lowest BCUT2D eigenvalue weighted by molar-refractivity contribution is 0.0522. The van der Waals surface area contributed by atoms with E-state index < -0.39 is 11.7 Å². The second-order valence-electron chi connectivity index (χ2n) is 8.75. The van der Waals surface area contributed by atoms with Gasteiger partial charge in [-0.3, -0.25) is 9.78 Å². The van der Waals surface area contributed by atoms with Gasteiger partial charge in [-0.05, 0) is 38.3 Å². The van der Waals surface area contributed by atoms with Gasteiger partial charge in [0.1, 0.15) is 11.1 Å². The van der Waals surface area contributed by atoms with E-state index in [-0.39, 0.29) is 18.0 Å². The summed E-state index contributed by atoms with van der Waals surface area (Å²) in [5.41, 5.74) is 2.28. The molecule has 30 heavy (non-hydrogen) atoms. The van der Waals surface area contributed by atoms with Crippen LogP contribution in [0.25, 0.3) is 22.0 Å². The van der Waals surface area contributed by atoms with Crippen molar-refractivity contribution in [2.24, 2.45) is 5.92 Å². The van der Waals surface area contributed by atoms with Gasteiger partial charge >= 0.3 is 6.09 Å². The standard InChI is InChI=1S/C24H29N3O3/c1-16(2)15-27-19(14-26-23(29)30-24(3,4)5)20(17-10-7-6-8-11-17)18-12-9-13-25-21(18)22(27)28/h6-13,16H,14-15H2,1-5H3,(H,26,29). The Labute approximate surface area is 176 Å². The topological polar surface area (TPSA) is 73.2 Å². The second-order valence-corrected chi connectivity index (χ2v) is 8.75. The summed E-state index contributed by atoms with van der Waals surface area (Å²) >= 11 is 0. The molecule has 0 aliphatic carbocycles. The normalized spacial score (nSPS) is 11.7. The van der Waals surface area contributed by atoms with Crippen LogP contribution >= 0.6 is 0 Å². The number of amides is 1. The van der Waals surface area contributed by atoms with Gasteiger partial charge in [-0.1, -0.05) is 50.2 Å². The number of hydrogen-bond acceptors (Lipinski definition) is 4. The van der Waals surface area contributed by atoms with Crippen LogP contribution in [0, 0.1) is 5.92 Å². The number of aromatic nitrogens is 2. The highest BCUT2D eigenvalue weighted by Crippen LogP contribution is 2.30. The first-order valence-corrected chi connectivity index (χ1v) is 10.2. The second kappa shape index (κ2) is 8.69. The number of nitrogens with zero attached hydrogens (tertiary/aromatic N) is 2. The highest BCUT2D eigenvalue weighted by Gasteiger charge is 2.21. The molecule has 3 aromatic rings. The van der Waals surface area contributed by atoms with E-state index >= 15 is 0 Å². The molecule has 2 heterocycles. The third-order valence-corrected chi connectivity index (χ3v) is 4.55. The summed E-state index contributed by atoms with van der Waals surface area (Å²) in [6.45, 7) is 10.3. The molecule has 0 radical (unpaired) electrons. The molecule has 0 bridgehead atoms. The first-order chi connectivity index (χ1) is 14.2. The van der Waals surface area contributed by atoms with Gasteiger partial charge in [-0.2, -0.15) is 0 Å². The Hall–Kier alpha value is -3.15. The quantitative estimate of drug-likeness (QED) is 0.663. The smallest absolute Gasteiger partial charge is 0.407 e. The van der Waals surface area contributed by atoms with Gasteiger partial charge in [-0.15, -0.1) is 0 Å². The third-order valence-electron chi connectivity index (χ3n) is 4.55. The number of ether oxygens (including phenoxy) is 1. The molecule has 6 heteroatoms. The van der Waals surface area contributed by atoms with Crippen LogP contribution in [0.1, 0.15) is 40.3 Å². The van der Waals surface area contributed by atoms with Crippen LogP contribution in [0.15, 0.2) is 53.5 Å². The Morgan fingerprint density at radius 2 is 1.83 bits per heavy atom. The monoisotopic (exact) mass is 407 g/mol. The predicted octanol–water partition coefficient (Wildman–Crippen LogP) is 4.74. The van der Waals surface area contributed by atoms with Crippen LogP contribution in [0.2, 0.25) is 0 Å². The largest absolute Gasteiger partial charge is 0.444 e. The molecular formula is C24H29N3O3. The molecular weight excluding hydrogens is 378 g/mol. The maximum atomic E-state index is 13.3. The lowest BCUT2D eigenvalue weighted by Crippen LogP contribution is -2.35. The van der Waals surface area contributed by atoms with Crippen LogP contribution in [0.3, 0.4) is 0 Å². The van der Waals surface area contributed by atoms with E-state index in [0.717, 1.165) is 22.2 Å². The average Bonchev–Trinajstić information content (AvgIpc) is 2.68. The maximum absolute atomic E-state index is 13.3. The molecule has 1 aromatic carbocycles. The molecule has 2 aromatic heterocycles. The highest BCUT2D eigenvalue weighted by molar-refractivity contribution is 5.95. The number of alkyl carbamates (subject to hydrolysis) is 1. The van der Waals surface area contributed by atoms with Crippen LogP contribution in [-0.4, -0.2) is 21.2 Å². The minimum atomic E-state index is -0.600. The Kier molecular flexibility index (Phi) is 6.25. The van der Waals surface area contributed by atoms with Crippen molar-refractivity contribution < 1.29 is 9.53 Å².